The molecule has 0 fully saturated rings. The maximum Gasteiger partial charge on any atom is 0.389 e. The van der Waals surface area contributed by atoms with Gasteiger partial charge in [-0.3, -0.25) is 4.79 Å². The second kappa shape index (κ2) is 5.63. The van der Waals surface area contributed by atoms with E-state index in [1.165, 1.54) is 11.1 Å². The van der Waals surface area contributed by atoms with Gasteiger partial charge in [0.05, 0.1) is 6.42 Å². The fraction of sp³-hybridized carbons (Fsp3) is 0.500. The van der Waals surface area contributed by atoms with Crippen molar-refractivity contribution < 1.29 is 18.0 Å². The standard InChI is InChI=1S/C14H16F3NO/c15-14(16,17)8-5-13(19)18-9-6-11-3-1-2-4-12(11)7-10-18/h1-4H,5-10H2. The van der Waals surface area contributed by atoms with Crippen LogP contribution in [0.3, 0.4) is 0 Å². The van der Waals surface area contributed by atoms with Crippen LogP contribution in [0, 0.1) is 0 Å². The zero-order valence-electron chi connectivity index (χ0n) is 10.5. The van der Waals surface area contributed by atoms with Crippen molar-refractivity contribution >= 4 is 5.91 Å². The predicted octanol–water partition coefficient (Wildman–Crippen LogP) is 2.96. The number of amides is 1. The monoisotopic (exact) mass is 271 g/mol. The number of nitrogens with zero attached hydrogens (tertiary/aromatic N) is 1. The first-order valence-corrected chi connectivity index (χ1v) is 6.37. The first-order valence-electron chi connectivity index (χ1n) is 6.37. The normalized spacial score (nSPS) is 15.8. The van der Waals surface area contributed by atoms with Crippen molar-refractivity contribution in [2.24, 2.45) is 0 Å². The highest BCUT2D eigenvalue weighted by atomic mass is 19.4. The maximum absolute atomic E-state index is 12.1. The Labute approximate surface area is 110 Å². The first kappa shape index (κ1) is 13.9. The highest BCUT2D eigenvalue weighted by molar-refractivity contribution is 5.76. The van der Waals surface area contributed by atoms with Crippen LogP contribution in [0.25, 0.3) is 0 Å². The first-order chi connectivity index (χ1) is 8.96. The highest BCUT2D eigenvalue weighted by Gasteiger charge is 2.29. The minimum absolute atomic E-state index is 0.398. The molecule has 0 bridgehead atoms. The molecule has 0 aliphatic carbocycles. The number of carbonyl (C=O) groups is 1. The quantitative estimate of drug-likeness (QED) is 0.810. The molecule has 0 radical (unpaired) electrons. The molecule has 1 amide bonds. The van der Waals surface area contributed by atoms with E-state index in [0.717, 1.165) is 0 Å². The summed E-state index contributed by atoms with van der Waals surface area (Å²) in [5.41, 5.74) is 2.38. The highest BCUT2D eigenvalue weighted by Crippen LogP contribution is 2.22. The Morgan fingerprint density at radius 2 is 1.63 bits per heavy atom. The molecule has 2 rings (SSSR count). The van der Waals surface area contributed by atoms with Crippen LogP contribution in [-0.2, 0) is 17.6 Å². The average Bonchev–Trinajstić information content (AvgIpc) is 2.57. The van der Waals surface area contributed by atoms with Crippen molar-refractivity contribution in [2.75, 3.05) is 13.1 Å². The summed E-state index contributed by atoms with van der Waals surface area (Å²) in [5.74, 6) is -0.398. The van der Waals surface area contributed by atoms with Crippen LogP contribution in [0.15, 0.2) is 24.3 Å². The molecular formula is C14H16F3NO. The zero-order valence-corrected chi connectivity index (χ0v) is 10.5. The minimum Gasteiger partial charge on any atom is -0.342 e. The van der Waals surface area contributed by atoms with E-state index in [-0.39, 0.29) is 0 Å². The van der Waals surface area contributed by atoms with Gasteiger partial charge in [-0.2, -0.15) is 13.2 Å². The average molecular weight is 271 g/mol. The predicted molar refractivity (Wildman–Crippen MR) is 65.7 cm³/mol. The molecule has 19 heavy (non-hydrogen) atoms. The van der Waals surface area contributed by atoms with Crippen LogP contribution < -0.4 is 0 Å². The second-order valence-electron chi connectivity index (χ2n) is 4.76. The summed E-state index contributed by atoms with van der Waals surface area (Å²) in [6, 6.07) is 7.91. The van der Waals surface area contributed by atoms with E-state index >= 15 is 0 Å². The lowest BCUT2D eigenvalue weighted by atomic mass is 10.0. The van der Waals surface area contributed by atoms with Gasteiger partial charge in [0, 0.05) is 19.5 Å². The van der Waals surface area contributed by atoms with E-state index in [9.17, 15) is 18.0 Å². The van der Waals surface area contributed by atoms with E-state index in [2.05, 4.69) is 0 Å². The van der Waals surface area contributed by atoms with E-state index < -0.39 is 24.9 Å². The Balaban J connectivity index is 1.92. The summed E-state index contributed by atoms with van der Waals surface area (Å²) >= 11 is 0. The van der Waals surface area contributed by atoms with Crippen molar-refractivity contribution in [3.63, 3.8) is 0 Å². The summed E-state index contributed by atoms with van der Waals surface area (Å²) < 4.78 is 36.3. The van der Waals surface area contributed by atoms with Crippen LogP contribution in [0.2, 0.25) is 0 Å². The smallest absolute Gasteiger partial charge is 0.342 e. The van der Waals surface area contributed by atoms with Crippen LogP contribution in [0.5, 0.6) is 0 Å². The molecule has 1 aliphatic heterocycles. The van der Waals surface area contributed by atoms with E-state index in [1.54, 1.807) is 4.90 Å². The molecule has 1 aromatic carbocycles. The molecule has 5 heteroatoms. The van der Waals surface area contributed by atoms with Gasteiger partial charge in [0.1, 0.15) is 0 Å². The van der Waals surface area contributed by atoms with Crippen molar-refractivity contribution in [2.45, 2.75) is 31.9 Å². The molecule has 1 aliphatic rings. The molecule has 104 valence electrons. The van der Waals surface area contributed by atoms with E-state index in [1.807, 2.05) is 24.3 Å². The molecule has 1 aromatic rings. The van der Waals surface area contributed by atoms with Gasteiger partial charge in [-0.25, -0.2) is 0 Å². The third kappa shape index (κ3) is 3.98. The number of alkyl halides is 3. The van der Waals surface area contributed by atoms with Crippen molar-refractivity contribution in [3.8, 4) is 0 Å². The molecule has 0 aromatic heterocycles. The Morgan fingerprint density at radius 1 is 1.11 bits per heavy atom. The molecular weight excluding hydrogens is 255 g/mol. The zero-order chi connectivity index (χ0) is 13.9. The molecule has 0 spiro atoms. The summed E-state index contributed by atoms with van der Waals surface area (Å²) in [4.78, 5) is 13.3. The minimum atomic E-state index is -4.26. The largest absolute Gasteiger partial charge is 0.389 e. The van der Waals surface area contributed by atoms with E-state index in [0.29, 0.717) is 25.9 Å². The topological polar surface area (TPSA) is 20.3 Å². The number of hydrogen-bond donors (Lipinski definition) is 0. The van der Waals surface area contributed by atoms with Crippen molar-refractivity contribution in [1.82, 2.24) is 4.90 Å². The lowest BCUT2D eigenvalue weighted by Gasteiger charge is -2.20. The number of fused-ring (bicyclic) bond motifs is 1. The summed E-state index contributed by atoms with van der Waals surface area (Å²) in [6.07, 6.45) is -4.30. The molecule has 0 saturated carbocycles. The number of hydrogen-bond acceptors (Lipinski definition) is 1. The fourth-order valence-corrected chi connectivity index (χ4v) is 2.32. The van der Waals surface area contributed by atoms with Gasteiger partial charge >= 0.3 is 6.18 Å². The summed E-state index contributed by atoms with van der Waals surface area (Å²) in [7, 11) is 0. The van der Waals surface area contributed by atoms with Crippen LogP contribution in [0.1, 0.15) is 24.0 Å². The van der Waals surface area contributed by atoms with Gasteiger partial charge in [0.2, 0.25) is 5.91 Å². The number of rotatable bonds is 2. The van der Waals surface area contributed by atoms with Gasteiger partial charge in [-0.15, -0.1) is 0 Å². The van der Waals surface area contributed by atoms with Crippen LogP contribution >= 0.6 is 0 Å². The molecule has 0 unspecified atom stereocenters. The Morgan fingerprint density at radius 3 is 2.11 bits per heavy atom. The number of carbonyl (C=O) groups excluding carboxylic acids is 1. The maximum atomic E-state index is 12.1. The molecule has 1 heterocycles. The lowest BCUT2D eigenvalue weighted by Crippen LogP contribution is -2.33. The van der Waals surface area contributed by atoms with E-state index in [4.69, 9.17) is 0 Å². The van der Waals surface area contributed by atoms with Gasteiger partial charge in [-0.1, -0.05) is 24.3 Å². The van der Waals surface area contributed by atoms with Gasteiger partial charge in [0.15, 0.2) is 0 Å². The van der Waals surface area contributed by atoms with Gasteiger partial charge in [0.25, 0.3) is 0 Å². The Hall–Kier alpha value is -1.52. The Bertz CT molecular complexity index is 429. The third-order valence-corrected chi connectivity index (χ3v) is 3.40. The van der Waals surface area contributed by atoms with Crippen LogP contribution in [-0.4, -0.2) is 30.1 Å². The SMILES string of the molecule is O=C(CCC(F)(F)F)N1CCc2ccccc2CC1. The molecule has 2 nitrogen and oxygen atoms in total. The Kier molecular flexibility index (Phi) is 4.12. The second-order valence-corrected chi connectivity index (χ2v) is 4.76. The molecule has 0 atom stereocenters. The van der Waals surface area contributed by atoms with Gasteiger partial charge < -0.3 is 4.90 Å². The van der Waals surface area contributed by atoms with Crippen molar-refractivity contribution in [3.05, 3.63) is 35.4 Å². The molecule has 0 saturated heterocycles. The third-order valence-electron chi connectivity index (χ3n) is 3.40. The summed E-state index contributed by atoms with van der Waals surface area (Å²) in [5, 5.41) is 0. The van der Waals surface area contributed by atoms with Gasteiger partial charge in [-0.05, 0) is 24.0 Å². The summed E-state index contributed by atoms with van der Waals surface area (Å²) in [6.45, 7) is 1.02. The number of halogens is 3. The number of benzene rings is 1. The fourth-order valence-electron chi connectivity index (χ4n) is 2.32. The molecule has 0 N–H and O–H groups in total. The van der Waals surface area contributed by atoms with Crippen LogP contribution in [0.4, 0.5) is 13.2 Å². The lowest BCUT2D eigenvalue weighted by molar-refractivity contribution is -0.149. The van der Waals surface area contributed by atoms with Crippen molar-refractivity contribution in [1.29, 1.82) is 0 Å².